The van der Waals surface area contributed by atoms with Crippen molar-refractivity contribution in [2.45, 2.75) is 44.4 Å². The van der Waals surface area contributed by atoms with Crippen LogP contribution in [0.3, 0.4) is 0 Å². The largest absolute Gasteiger partial charge is 0.312 e. The van der Waals surface area contributed by atoms with E-state index in [9.17, 15) is 8.42 Å². The van der Waals surface area contributed by atoms with Crippen LogP contribution in [-0.2, 0) is 16.6 Å². The number of hydrogen-bond acceptors (Lipinski definition) is 4. The summed E-state index contributed by atoms with van der Waals surface area (Å²) >= 11 is 1.38. The molecule has 0 amide bonds. The molecule has 0 fully saturated rings. The Bertz CT molecular complexity index is 495. The van der Waals surface area contributed by atoms with Crippen molar-refractivity contribution in [1.82, 2.24) is 9.62 Å². The van der Waals surface area contributed by atoms with Crippen molar-refractivity contribution in [3.8, 4) is 0 Å². The van der Waals surface area contributed by atoms with Crippen LogP contribution in [0.1, 0.15) is 37.1 Å². The fraction of sp³-hybridized carbons (Fsp3) is 0.692. The first-order valence-electron chi connectivity index (χ1n) is 6.69. The van der Waals surface area contributed by atoms with Gasteiger partial charge in [-0.05, 0) is 31.5 Å². The van der Waals surface area contributed by atoms with E-state index in [4.69, 9.17) is 0 Å². The Hall–Kier alpha value is -0.430. The van der Waals surface area contributed by atoms with Crippen LogP contribution in [0.25, 0.3) is 0 Å². The van der Waals surface area contributed by atoms with Crippen LogP contribution in [0, 0.1) is 6.92 Å². The Labute approximate surface area is 120 Å². The zero-order valence-corrected chi connectivity index (χ0v) is 13.8. The molecule has 1 N–H and O–H groups in total. The molecule has 6 heteroatoms. The average Bonchev–Trinajstić information content (AvgIpc) is 2.75. The van der Waals surface area contributed by atoms with Gasteiger partial charge >= 0.3 is 0 Å². The fourth-order valence-corrected chi connectivity index (χ4v) is 4.66. The zero-order valence-electron chi connectivity index (χ0n) is 12.2. The van der Waals surface area contributed by atoms with Crippen LogP contribution in [-0.4, -0.2) is 32.9 Å². The number of aryl methyl sites for hydroxylation is 1. The van der Waals surface area contributed by atoms with Crippen LogP contribution >= 0.6 is 11.3 Å². The van der Waals surface area contributed by atoms with Crippen molar-refractivity contribution in [1.29, 1.82) is 0 Å². The van der Waals surface area contributed by atoms with Gasteiger partial charge < -0.3 is 5.32 Å². The SMILES string of the molecule is CCCCN(C)S(=O)(=O)c1cc(C)c(CNCC)s1. The summed E-state index contributed by atoms with van der Waals surface area (Å²) in [6.45, 7) is 8.27. The molecule has 4 nitrogen and oxygen atoms in total. The predicted octanol–water partition coefficient (Wildman–Crippen LogP) is 2.59. The van der Waals surface area contributed by atoms with E-state index in [2.05, 4.69) is 12.2 Å². The second-order valence-electron chi connectivity index (χ2n) is 4.63. The summed E-state index contributed by atoms with van der Waals surface area (Å²) in [5, 5.41) is 3.24. The first kappa shape index (κ1) is 16.6. The van der Waals surface area contributed by atoms with Crippen molar-refractivity contribution in [2.24, 2.45) is 0 Å². The number of hydrogen-bond donors (Lipinski definition) is 1. The van der Waals surface area contributed by atoms with E-state index < -0.39 is 10.0 Å². The zero-order chi connectivity index (χ0) is 14.5. The topological polar surface area (TPSA) is 49.4 Å². The van der Waals surface area contributed by atoms with Crippen molar-refractivity contribution in [3.05, 3.63) is 16.5 Å². The normalized spacial score (nSPS) is 12.3. The summed E-state index contributed by atoms with van der Waals surface area (Å²) < 4.78 is 26.7. The number of rotatable bonds is 8. The maximum absolute atomic E-state index is 12.4. The summed E-state index contributed by atoms with van der Waals surface area (Å²) in [5.74, 6) is 0. The standard InChI is InChI=1S/C13H24N2O2S2/c1-5-7-8-15(4)19(16,17)13-9-11(3)12(18-13)10-14-6-2/h9,14H,5-8,10H2,1-4H3. The van der Waals surface area contributed by atoms with Gasteiger partial charge in [0.1, 0.15) is 4.21 Å². The van der Waals surface area contributed by atoms with Crippen molar-refractivity contribution >= 4 is 21.4 Å². The molecular weight excluding hydrogens is 280 g/mol. The van der Waals surface area contributed by atoms with E-state index >= 15 is 0 Å². The number of nitrogens with zero attached hydrogens (tertiary/aromatic N) is 1. The van der Waals surface area contributed by atoms with E-state index in [-0.39, 0.29) is 0 Å². The number of sulfonamides is 1. The molecule has 0 aliphatic rings. The van der Waals surface area contributed by atoms with Crippen LogP contribution in [0.15, 0.2) is 10.3 Å². The molecule has 0 spiro atoms. The molecule has 0 saturated carbocycles. The van der Waals surface area contributed by atoms with Gasteiger partial charge in [0.2, 0.25) is 0 Å². The summed E-state index contributed by atoms with van der Waals surface area (Å²) in [7, 11) is -1.66. The van der Waals surface area contributed by atoms with Gasteiger partial charge in [-0.3, -0.25) is 0 Å². The van der Waals surface area contributed by atoms with E-state index in [1.807, 2.05) is 13.8 Å². The van der Waals surface area contributed by atoms with Crippen molar-refractivity contribution < 1.29 is 8.42 Å². The summed E-state index contributed by atoms with van der Waals surface area (Å²) in [6.07, 6.45) is 1.89. The molecule has 0 unspecified atom stereocenters. The minimum absolute atomic E-state index is 0.455. The monoisotopic (exact) mass is 304 g/mol. The third kappa shape index (κ3) is 4.27. The third-order valence-corrected chi connectivity index (χ3v) is 6.57. The maximum Gasteiger partial charge on any atom is 0.252 e. The lowest BCUT2D eigenvalue weighted by atomic mass is 10.3. The molecule has 1 heterocycles. The second kappa shape index (κ2) is 7.38. The number of unbranched alkanes of at least 4 members (excludes halogenated alkanes) is 1. The molecule has 19 heavy (non-hydrogen) atoms. The summed E-state index contributed by atoms with van der Waals surface area (Å²) in [4.78, 5) is 1.10. The average molecular weight is 304 g/mol. The molecule has 0 bridgehead atoms. The minimum atomic E-state index is -3.31. The fourth-order valence-electron chi connectivity index (χ4n) is 1.68. The lowest BCUT2D eigenvalue weighted by molar-refractivity contribution is 0.461. The first-order valence-corrected chi connectivity index (χ1v) is 8.95. The molecule has 0 atom stereocenters. The number of nitrogens with one attached hydrogen (secondary N) is 1. The molecular formula is C13H24N2O2S2. The summed E-state index contributed by atoms with van der Waals surface area (Å²) in [6, 6.07) is 1.79. The molecule has 0 saturated heterocycles. The Morgan fingerprint density at radius 3 is 2.63 bits per heavy atom. The molecule has 0 aliphatic carbocycles. The predicted molar refractivity (Wildman–Crippen MR) is 81.2 cm³/mol. The molecule has 1 aromatic rings. The lowest BCUT2D eigenvalue weighted by Crippen LogP contribution is -2.27. The van der Waals surface area contributed by atoms with Crippen LogP contribution in [0.4, 0.5) is 0 Å². The minimum Gasteiger partial charge on any atom is -0.312 e. The van der Waals surface area contributed by atoms with Gasteiger partial charge in [-0.1, -0.05) is 20.3 Å². The van der Waals surface area contributed by atoms with Gasteiger partial charge in [-0.15, -0.1) is 11.3 Å². The second-order valence-corrected chi connectivity index (χ2v) is 8.04. The van der Waals surface area contributed by atoms with Gasteiger partial charge in [0.05, 0.1) is 0 Å². The van der Waals surface area contributed by atoms with Crippen molar-refractivity contribution in [2.75, 3.05) is 20.1 Å². The highest BCUT2D eigenvalue weighted by Crippen LogP contribution is 2.28. The quantitative estimate of drug-likeness (QED) is 0.803. The summed E-state index contributed by atoms with van der Waals surface area (Å²) in [5.41, 5.74) is 1.05. The van der Waals surface area contributed by atoms with E-state index in [0.717, 1.165) is 36.4 Å². The molecule has 1 aromatic heterocycles. The lowest BCUT2D eigenvalue weighted by Gasteiger charge is -2.15. The van der Waals surface area contributed by atoms with E-state index in [1.54, 1.807) is 13.1 Å². The Balaban J connectivity index is 2.89. The highest BCUT2D eigenvalue weighted by Gasteiger charge is 2.23. The van der Waals surface area contributed by atoms with E-state index in [1.165, 1.54) is 15.6 Å². The molecule has 0 aromatic carbocycles. The molecule has 1 rings (SSSR count). The van der Waals surface area contributed by atoms with Gasteiger partial charge in [-0.25, -0.2) is 12.7 Å². The van der Waals surface area contributed by atoms with Crippen molar-refractivity contribution in [3.63, 3.8) is 0 Å². The van der Waals surface area contributed by atoms with E-state index in [0.29, 0.717) is 10.8 Å². The molecule has 0 aliphatic heterocycles. The van der Waals surface area contributed by atoms with Gasteiger partial charge in [-0.2, -0.15) is 0 Å². The molecule has 110 valence electrons. The van der Waals surface area contributed by atoms with Crippen LogP contribution < -0.4 is 5.32 Å². The molecule has 0 radical (unpaired) electrons. The first-order chi connectivity index (χ1) is 8.93. The maximum atomic E-state index is 12.4. The third-order valence-electron chi connectivity index (χ3n) is 3.02. The Morgan fingerprint density at radius 2 is 2.05 bits per heavy atom. The van der Waals surface area contributed by atoms with Gasteiger partial charge in [0.15, 0.2) is 0 Å². The van der Waals surface area contributed by atoms with Gasteiger partial charge in [0.25, 0.3) is 10.0 Å². The smallest absolute Gasteiger partial charge is 0.252 e. The van der Waals surface area contributed by atoms with Crippen LogP contribution in [0.5, 0.6) is 0 Å². The number of thiophene rings is 1. The van der Waals surface area contributed by atoms with Gasteiger partial charge in [0, 0.05) is 25.0 Å². The Kier molecular flexibility index (Phi) is 6.46. The van der Waals surface area contributed by atoms with Crippen LogP contribution in [0.2, 0.25) is 0 Å². The highest BCUT2D eigenvalue weighted by atomic mass is 32.2. The Morgan fingerprint density at radius 1 is 1.37 bits per heavy atom. The highest BCUT2D eigenvalue weighted by molar-refractivity contribution is 7.91.